The van der Waals surface area contributed by atoms with Gasteiger partial charge in [0, 0.05) is 19.3 Å². The molecule has 0 N–H and O–H groups in total. The highest BCUT2D eigenvalue weighted by Crippen LogP contribution is 2.23. The molecule has 0 atom stereocenters. The van der Waals surface area contributed by atoms with E-state index in [1.165, 1.54) is 23.2 Å². The van der Waals surface area contributed by atoms with E-state index in [0.29, 0.717) is 5.56 Å². The van der Waals surface area contributed by atoms with Gasteiger partial charge in [0.05, 0.1) is 10.6 Å². The molecule has 0 fully saturated rings. The molecule has 1 aliphatic heterocycles. The van der Waals surface area contributed by atoms with Crippen molar-refractivity contribution in [2.45, 2.75) is 24.4 Å². The number of fused-ring (bicyclic) bond motifs is 1. The number of aromatic nitrogens is 2. The largest absolute Gasteiger partial charge is 0.332 e. The van der Waals surface area contributed by atoms with Crippen molar-refractivity contribution in [3.05, 3.63) is 47.8 Å². The second-order valence-electron chi connectivity index (χ2n) is 5.44. The smallest absolute Gasteiger partial charge is 0.272 e. The molecule has 2 aromatic rings. The molecule has 6 nitrogen and oxygen atoms in total. The molecule has 0 bridgehead atoms. The molecular formula is C15H15F2N3O3S. The van der Waals surface area contributed by atoms with E-state index in [1.807, 2.05) is 0 Å². The fraction of sp³-hybridized carbons (Fsp3) is 0.333. The highest BCUT2D eigenvalue weighted by Gasteiger charge is 2.29. The minimum atomic E-state index is -3.48. The van der Waals surface area contributed by atoms with Gasteiger partial charge < -0.3 is 4.90 Å². The number of rotatable bonds is 3. The van der Waals surface area contributed by atoms with E-state index in [0.717, 1.165) is 4.68 Å². The summed E-state index contributed by atoms with van der Waals surface area (Å²) in [5, 5.41) is 3.74. The predicted molar refractivity (Wildman–Crippen MR) is 81.5 cm³/mol. The zero-order valence-electron chi connectivity index (χ0n) is 12.6. The molecule has 0 aliphatic carbocycles. The Balaban J connectivity index is 1.92. The molecule has 0 saturated heterocycles. The first-order valence-electron chi connectivity index (χ1n) is 7.28. The van der Waals surface area contributed by atoms with E-state index >= 15 is 0 Å². The molecule has 0 spiro atoms. The second kappa shape index (κ2) is 6.31. The Bertz CT molecular complexity index is 864. The minimum Gasteiger partial charge on any atom is -0.332 e. The topological polar surface area (TPSA) is 72.3 Å². The van der Waals surface area contributed by atoms with Crippen molar-refractivity contribution < 1.29 is 22.0 Å². The van der Waals surface area contributed by atoms with Gasteiger partial charge in [0.2, 0.25) is 0 Å². The Morgan fingerprint density at radius 2 is 2.00 bits per heavy atom. The fourth-order valence-corrected chi connectivity index (χ4v) is 4.19. The summed E-state index contributed by atoms with van der Waals surface area (Å²) in [4.78, 5) is 14.2. The third-order valence-corrected chi connectivity index (χ3v) is 5.62. The Hall–Kier alpha value is -2.29. The molecule has 0 unspecified atom stereocenters. The van der Waals surface area contributed by atoms with Crippen molar-refractivity contribution in [3.63, 3.8) is 0 Å². The van der Waals surface area contributed by atoms with E-state index in [9.17, 15) is 22.0 Å². The maximum atomic E-state index is 12.7. The second-order valence-corrected chi connectivity index (χ2v) is 7.52. The van der Waals surface area contributed by atoms with E-state index < -0.39 is 28.7 Å². The van der Waals surface area contributed by atoms with Crippen molar-refractivity contribution >= 4 is 15.7 Å². The van der Waals surface area contributed by atoms with E-state index in [4.69, 9.17) is 0 Å². The van der Waals surface area contributed by atoms with Crippen molar-refractivity contribution in [1.82, 2.24) is 14.7 Å². The Morgan fingerprint density at radius 1 is 1.25 bits per heavy atom. The van der Waals surface area contributed by atoms with Crippen LogP contribution in [-0.4, -0.2) is 47.7 Å². The summed E-state index contributed by atoms with van der Waals surface area (Å²) in [6, 6.07) is 7.85. The van der Waals surface area contributed by atoms with E-state index in [1.54, 1.807) is 18.2 Å². The molecule has 9 heteroatoms. The number of halogens is 2. The average molecular weight is 355 g/mol. The quantitative estimate of drug-likeness (QED) is 0.838. The first-order valence-corrected chi connectivity index (χ1v) is 8.93. The van der Waals surface area contributed by atoms with Crippen LogP contribution in [0.2, 0.25) is 0 Å². The van der Waals surface area contributed by atoms with Crippen molar-refractivity contribution in [2.75, 3.05) is 12.3 Å². The first-order chi connectivity index (χ1) is 11.4. The van der Waals surface area contributed by atoms with Crippen LogP contribution in [0, 0.1) is 0 Å². The highest BCUT2D eigenvalue weighted by atomic mass is 32.2. The van der Waals surface area contributed by atoms with E-state index in [-0.39, 0.29) is 29.4 Å². The Morgan fingerprint density at radius 3 is 2.75 bits per heavy atom. The lowest BCUT2D eigenvalue weighted by Gasteiger charge is -2.20. The molecule has 0 radical (unpaired) electrons. The summed E-state index contributed by atoms with van der Waals surface area (Å²) >= 11 is 0. The number of carbonyl (C=O) groups excluding carboxylic acids is 1. The van der Waals surface area contributed by atoms with Gasteiger partial charge in [-0.2, -0.15) is 5.10 Å². The van der Waals surface area contributed by atoms with Crippen LogP contribution in [0.25, 0.3) is 0 Å². The van der Waals surface area contributed by atoms with Gasteiger partial charge in [-0.15, -0.1) is 0 Å². The SMILES string of the molecule is O=C(c1ccnn1CC(F)F)N1CCS(=O)(=O)c2ccccc2C1. The minimum absolute atomic E-state index is 0.00426. The van der Waals surface area contributed by atoms with Crippen molar-refractivity contribution in [2.24, 2.45) is 0 Å². The van der Waals surface area contributed by atoms with Crippen LogP contribution in [0.4, 0.5) is 8.78 Å². The zero-order chi connectivity index (χ0) is 17.3. The molecule has 3 rings (SSSR count). The number of benzene rings is 1. The van der Waals surface area contributed by atoms with Gasteiger partial charge in [-0.1, -0.05) is 18.2 Å². The summed E-state index contributed by atoms with van der Waals surface area (Å²) in [6.45, 7) is -0.583. The van der Waals surface area contributed by atoms with Gasteiger partial charge in [0.15, 0.2) is 9.84 Å². The third-order valence-electron chi connectivity index (χ3n) is 3.83. The van der Waals surface area contributed by atoms with Gasteiger partial charge >= 0.3 is 0 Å². The van der Waals surface area contributed by atoms with Crippen LogP contribution in [0.1, 0.15) is 16.1 Å². The van der Waals surface area contributed by atoms with E-state index in [2.05, 4.69) is 5.10 Å². The summed E-state index contributed by atoms with van der Waals surface area (Å²) in [5.41, 5.74) is 0.537. The molecule has 128 valence electrons. The van der Waals surface area contributed by atoms with Crippen LogP contribution >= 0.6 is 0 Å². The number of hydrogen-bond acceptors (Lipinski definition) is 4. The van der Waals surface area contributed by atoms with Crippen molar-refractivity contribution in [3.8, 4) is 0 Å². The molecule has 1 aromatic carbocycles. The molecule has 2 heterocycles. The van der Waals surface area contributed by atoms with Gasteiger partial charge in [0.1, 0.15) is 12.2 Å². The third kappa shape index (κ3) is 3.16. The standard InChI is InChI=1S/C15H15F2N3O3S/c16-14(17)10-20-12(5-6-18-20)15(21)19-7-8-24(22,23)13-4-2-1-3-11(13)9-19/h1-6,14H,7-10H2. The number of nitrogens with zero attached hydrogens (tertiary/aromatic N) is 3. The maximum Gasteiger partial charge on any atom is 0.272 e. The van der Waals surface area contributed by atoms with Gasteiger partial charge in [-0.25, -0.2) is 17.2 Å². The van der Waals surface area contributed by atoms with Crippen LogP contribution in [0.3, 0.4) is 0 Å². The maximum absolute atomic E-state index is 12.7. The fourth-order valence-electron chi connectivity index (χ4n) is 2.69. The molecule has 24 heavy (non-hydrogen) atoms. The molecule has 1 aromatic heterocycles. The first kappa shape index (κ1) is 16.6. The molecule has 0 saturated carbocycles. The lowest BCUT2D eigenvalue weighted by Crippen LogP contribution is -2.34. The number of alkyl halides is 2. The summed E-state index contributed by atoms with van der Waals surface area (Å²) in [6.07, 6.45) is -1.36. The molecule has 1 amide bonds. The number of amides is 1. The number of sulfone groups is 1. The van der Waals surface area contributed by atoms with Crippen LogP contribution < -0.4 is 0 Å². The molecule has 1 aliphatic rings. The lowest BCUT2D eigenvalue weighted by atomic mass is 10.2. The van der Waals surface area contributed by atoms with Crippen LogP contribution in [-0.2, 0) is 22.9 Å². The summed E-state index contributed by atoms with van der Waals surface area (Å²) < 4.78 is 50.7. The van der Waals surface area contributed by atoms with Gasteiger partial charge in [0.25, 0.3) is 12.3 Å². The number of carbonyl (C=O) groups is 1. The monoisotopic (exact) mass is 355 g/mol. The van der Waals surface area contributed by atoms with Gasteiger partial charge in [-0.05, 0) is 17.7 Å². The highest BCUT2D eigenvalue weighted by molar-refractivity contribution is 7.91. The summed E-state index contributed by atoms with van der Waals surface area (Å²) in [5.74, 6) is -0.723. The Labute approximate surface area is 137 Å². The van der Waals surface area contributed by atoms with Crippen LogP contribution in [0.15, 0.2) is 41.4 Å². The van der Waals surface area contributed by atoms with Gasteiger partial charge in [-0.3, -0.25) is 9.48 Å². The average Bonchev–Trinajstić information content (AvgIpc) is 2.92. The Kier molecular flexibility index (Phi) is 4.35. The zero-order valence-corrected chi connectivity index (χ0v) is 13.4. The van der Waals surface area contributed by atoms with Crippen LogP contribution in [0.5, 0.6) is 0 Å². The lowest BCUT2D eigenvalue weighted by molar-refractivity contribution is 0.0728. The normalized spacial score (nSPS) is 16.7. The summed E-state index contributed by atoms with van der Waals surface area (Å²) in [7, 11) is -3.48. The number of hydrogen-bond donors (Lipinski definition) is 0. The van der Waals surface area contributed by atoms with Crippen molar-refractivity contribution in [1.29, 1.82) is 0 Å². The molecular weight excluding hydrogens is 340 g/mol. The predicted octanol–water partition coefficient (Wildman–Crippen LogP) is 1.58.